The van der Waals surface area contributed by atoms with Gasteiger partial charge in [-0.1, -0.05) is 24.3 Å². The Hall–Kier alpha value is -3.18. The first-order chi connectivity index (χ1) is 16.0. The summed E-state index contributed by atoms with van der Waals surface area (Å²) in [5, 5.41) is 5.95. The Bertz CT molecular complexity index is 961. The van der Waals surface area contributed by atoms with E-state index in [0.29, 0.717) is 36.0 Å². The molecule has 0 saturated heterocycles. The van der Waals surface area contributed by atoms with Crippen molar-refractivity contribution in [2.75, 3.05) is 25.4 Å². The van der Waals surface area contributed by atoms with Crippen LogP contribution in [0.3, 0.4) is 0 Å². The molecule has 2 aromatic rings. The molecule has 33 heavy (non-hydrogen) atoms. The Labute approximate surface area is 201 Å². The fraction of sp³-hybridized carbons (Fsp3) is 0.318. The molecule has 9 nitrogen and oxygen atoms in total. The monoisotopic (exact) mass is 490 g/mol. The number of hydrazine groups is 1. The van der Waals surface area contributed by atoms with E-state index in [9.17, 15) is 9.59 Å². The number of amides is 2. The van der Waals surface area contributed by atoms with E-state index in [1.54, 1.807) is 23.9 Å². The van der Waals surface area contributed by atoms with E-state index in [0.717, 1.165) is 5.56 Å². The molecular formula is C22H26N4O5S2. The van der Waals surface area contributed by atoms with Crippen LogP contribution in [0.4, 0.5) is 0 Å². The minimum atomic E-state index is -0.728. The van der Waals surface area contributed by atoms with Crippen molar-refractivity contribution in [1.29, 1.82) is 0 Å². The first-order valence-corrected chi connectivity index (χ1v) is 12.0. The summed E-state index contributed by atoms with van der Waals surface area (Å²) in [4.78, 5) is 24.9. The molecule has 176 valence electrons. The van der Waals surface area contributed by atoms with Crippen molar-refractivity contribution < 1.29 is 23.8 Å². The van der Waals surface area contributed by atoms with E-state index in [1.165, 1.54) is 0 Å². The van der Waals surface area contributed by atoms with Crippen molar-refractivity contribution in [1.82, 2.24) is 21.5 Å². The van der Waals surface area contributed by atoms with Crippen LogP contribution in [0.25, 0.3) is 0 Å². The molecule has 0 bridgehead atoms. The van der Waals surface area contributed by atoms with Crippen LogP contribution >= 0.6 is 24.0 Å². The average Bonchev–Trinajstić information content (AvgIpc) is 3.31. The quantitative estimate of drug-likeness (QED) is 0.292. The van der Waals surface area contributed by atoms with E-state index in [1.807, 2.05) is 42.7 Å². The van der Waals surface area contributed by atoms with Gasteiger partial charge in [0.1, 0.15) is 11.8 Å². The predicted molar refractivity (Wildman–Crippen MR) is 130 cm³/mol. The molecule has 2 amide bonds. The standard InChI is InChI=1S/C22H26N4O5S2/c1-33-10-9-17(24-20(27)13-29-16-5-3-2-4-6-16)21(28)25-26-22(32)23-12-15-7-8-18-19(11-15)31-14-30-18/h2-8,11,17H,9-10,12-14H2,1H3,(H,24,27)(H,25,28)(H2,23,26,32). The van der Waals surface area contributed by atoms with Gasteiger partial charge in [0.2, 0.25) is 6.79 Å². The van der Waals surface area contributed by atoms with E-state index in [-0.39, 0.29) is 24.4 Å². The summed E-state index contributed by atoms with van der Waals surface area (Å²) in [6, 6.07) is 13.9. The number of nitrogens with one attached hydrogen (secondary N) is 4. The lowest BCUT2D eigenvalue weighted by molar-refractivity contribution is -0.130. The fourth-order valence-corrected chi connectivity index (χ4v) is 3.48. The van der Waals surface area contributed by atoms with E-state index < -0.39 is 11.9 Å². The lowest BCUT2D eigenvalue weighted by Crippen LogP contribution is -2.54. The topological polar surface area (TPSA) is 110 Å². The third-order valence-electron chi connectivity index (χ3n) is 4.56. The maximum absolute atomic E-state index is 12.6. The number of para-hydroxylation sites is 1. The molecule has 0 spiro atoms. The van der Waals surface area contributed by atoms with Crippen molar-refractivity contribution in [3.63, 3.8) is 0 Å². The predicted octanol–water partition coefficient (Wildman–Crippen LogP) is 1.73. The summed E-state index contributed by atoms with van der Waals surface area (Å²) in [7, 11) is 0. The number of carbonyl (C=O) groups is 2. The maximum atomic E-state index is 12.6. The van der Waals surface area contributed by atoms with Gasteiger partial charge in [0, 0.05) is 6.54 Å². The number of carbonyl (C=O) groups excluding carboxylic acids is 2. The molecule has 2 aromatic carbocycles. The SMILES string of the molecule is CSCCC(NC(=O)COc1ccccc1)C(=O)NNC(=S)NCc1ccc2c(c1)OCO2. The molecule has 4 N–H and O–H groups in total. The minimum Gasteiger partial charge on any atom is -0.484 e. The maximum Gasteiger partial charge on any atom is 0.260 e. The number of ether oxygens (including phenoxy) is 3. The highest BCUT2D eigenvalue weighted by atomic mass is 32.2. The second-order valence-electron chi connectivity index (χ2n) is 6.99. The van der Waals surface area contributed by atoms with Gasteiger partial charge in [0.15, 0.2) is 23.2 Å². The second kappa shape index (κ2) is 12.8. The fourth-order valence-electron chi connectivity index (χ4n) is 2.89. The van der Waals surface area contributed by atoms with Crippen LogP contribution in [0.1, 0.15) is 12.0 Å². The van der Waals surface area contributed by atoms with E-state index in [4.69, 9.17) is 26.4 Å². The van der Waals surface area contributed by atoms with E-state index >= 15 is 0 Å². The van der Waals surface area contributed by atoms with Crippen LogP contribution in [-0.4, -0.2) is 48.4 Å². The largest absolute Gasteiger partial charge is 0.484 e. The van der Waals surface area contributed by atoms with Gasteiger partial charge < -0.3 is 24.8 Å². The Balaban J connectivity index is 1.42. The zero-order chi connectivity index (χ0) is 23.5. The minimum absolute atomic E-state index is 0.185. The zero-order valence-electron chi connectivity index (χ0n) is 18.1. The summed E-state index contributed by atoms with van der Waals surface area (Å²) < 4.78 is 16.1. The van der Waals surface area contributed by atoms with Gasteiger partial charge in [-0.25, -0.2) is 0 Å². The second-order valence-corrected chi connectivity index (χ2v) is 8.38. The smallest absolute Gasteiger partial charge is 0.260 e. The van der Waals surface area contributed by atoms with Crippen molar-refractivity contribution >= 4 is 40.9 Å². The highest BCUT2D eigenvalue weighted by molar-refractivity contribution is 7.98. The molecule has 1 atom stereocenters. The number of thiocarbonyl (C=S) groups is 1. The highest BCUT2D eigenvalue weighted by Crippen LogP contribution is 2.32. The normalized spacial score (nSPS) is 12.4. The Morgan fingerprint density at radius 1 is 1.12 bits per heavy atom. The molecule has 1 aliphatic rings. The van der Waals surface area contributed by atoms with Gasteiger partial charge in [0.25, 0.3) is 11.8 Å². The number of rotatable bonds is 10. The molecule has 11 heteroatoms. The van der Waals surface area contributed by atoms with Gasteiger partial charge in [-0.2, -0.15) is 11.8 Å². The molecule has 0 fully saturated rings. The first kappa shape index (κ1) is 24.5. The third-order valence-corrected chi connectivity index (χ3v) is 5.46. The van der Waals surface area contributed by atoms with Crippen molar-refractivity contribution in [2.24, 2.45) is 0 Å². The van der Waals surface area contributed by atoms with Crippen LogP contribution in [-0.2, 0) is 16.1 Å². The van der Waals surface area contributed by atoms with Crippen molar-refractivity contribution in [2.45, 2.75) is 19.0 Å². The summed E-state index contributed by atoms with van der Waals surface area (Å²) in [5.41, 5.74) is 6.16. The number of thioether (sulfide) groups is 1. The van der Waals surface area contributed by atoms with Crippen molar-refractivity contribution in [3.05, 3.63) is 54.1 Å². The molecule has 1 aliphatic heterocycles. The Morgan fingerprint density at radius 3 is 2.70 bits per heavy atom. The van der Waals surface area contributed by atoms with Crippen LogP contribution in [0.15, 0.2) is 48.5 Å². The number of fused-ring (bicyclic) bond motifs is 1. The van der Waals surface area contributed by atoms with Crippen LogP contribution < -0.4 is 35.7 Å². The number of hydrogen-bond donors (Lipinski definition) is 4. The van der Waals surface area contributed by atoms with Gasteiger partial charge in [-0.05, 0) is 60.5 Å². The summed E-state index contributed by atoms with van der Waals surface area (Å²) in [6.45, 7) is 0.461. The third kappa shape index (κ3) is 8.03. The average molecular weight is 491 g/mol. The molecule has 0 saturated carbocycles. The molecule has 0 radical (unpaired) electrons. The molecule has 0 aliphatic carbocycles. The lowest BCUT2D eigenvalue weighted by Gasteiger charge is -2.19. The van der Waals surface area contributed by atoms with Crippen LogP contribution in [0.5, 0.6) is 17.2 Å². The van der Waals surface area contributed by atoms with Gasteiger partial charge in [-0.3, -0.25) is 20.4 Å². The number of hydrogen-bond acceptors (Lipinski definition) is 7. The summed E-state index contributed by atoms with van der Waals surface area (Å²) in [6.07, 6.45) is 2.39. The van der Waals surface area contributed by atoms with Gasteiger partial charge in [0.05, 0.1) is 0 Å². The van der Waals surface area contributed by atoms with Crippen LogP contribution in [0.2, 0.25) is 0 Å². The molecule has 1 unspecified atom stereocenters. The highest BCUT2D eigenvalue weighted by Gasteiger charge is 2.21. The molecular weight excluding hydrogens is 464 g/mol. The number of benzene rings is 2. The van der Waals surface area contributed by atoms with E-state index in [2.05, 4.69) is 21.5 Å². The Morgan fingerprint density at radius 2 is 1.91 bits per heavy atom. The van der Waals surface area contributed by atoms with Gasteiger partial charge in [-0.15, -0.1) is 0 Å². The molecule has 0 aromatic heterocycles. The lowest BCUT2D eigenvalue weighted by atomic mass is 10.2. The summed E-state index contributed by atoms with van der Waals surface area (Å²) in [5.74, 6) is 1.89. The van der Waals surface area contributed by atoms with Gasteiger partial charge >= 0.3 is 0 Å². The first-order valence-electron chi connectivity index (χ1n) is 10.2. The molecule has 3 rings (SSSR count). The van der Waals surface area contributed by atoms with Crippen molar-refractivity contribution in [3.8, 4) is 17.2 Å². The summed E-state index contributed by atoms with van der Waals surface area (Å²) >= 11 is 6.81. The van der Waals surface area contributed by atoms with Crippen LogP contribution in [0, 0.1) is 0 Å². The Kier molecular flexibility index (Phi) is 9.45. The molecule has 1 heterocycles. The zero-order valence-corrected chi connectivity index (χ0v) is 19.7.